The Kier molecular flexibility index (Phi) is 2.38. The summed E-state index contributed by atoms with van der Waals surface area (Å²) in [6, 6.07) is 0. The van der Waals surface area contributed by atoms with Crippen molar-refractivity contribution in [3.05, 3.63) is 25.1 Å². The molecule has 0 bridgehead atoms. The number of hydrogen-bond acceptors (Lipinski definition) is 2. The van der Waals surface area contributed by atoms with E-state index in [1.807, 2.05) is 25.5 Å². The van der Waals surface area contributed by atoms with Gasteiger partial charge in [0.05, 0.1) is 6.67 Å². The van der Waals surface area contributed by atoms with E-state index in [0.29, 0.717) is 0 Å². The van der Waals surface area contributed by atoms with Crippen molar-refractivity contribution in [2.45, 2.75) is 4.95 Å². The lowest BCUT2D eigenvalue weighted by molar-refractivity contribution is 0.307. The molecule has 0 amide bonds. The molecule has 10 heavy (non-hydrogen) atoms. The second-order valence-electron chi connectivity index (χ2n) is 2.32. The van der Waals surface area contributed by atoms with Gasteiger partial charge in [-0.25, -0.2) is 0 Å². The Hall–Kier alpha value is -0.440. The van der Waals surface area contributed by atoms with E-state index in [9.17, 15) is 0 Å². The predicted octanol–water partition coefficient (Wildman–Crippen LogP) is 1.57. The van der Waals surface area contributed by atoms with Crippen LogP contribution in [0.25, 0.3) is 0 Å². The van der Waals surface area contributed by atoms with Gasteiger partial charge in [0.1, 0.15) is 4.95 Å². The first-order valence-electron chi connectivity index (χ1n) is 3.15. The summed E-state index contributed by atoms with van der Waals surface area (Å²) in [5.74, 6) is 0. The molecule has 1 atom stereocenters. The molecular weight excluding hydrogens is 192 g/mol. The summed E-state index contributed by atoms with van der Waals surface area (Å²) < 4.78 is 0. The molecule has 0 aromatic heterocycles. The van der Waals surface area contributed by atoms with Crippen LogP contribution < -0.4 is 0 Å². The zero-order valence-corrected chi connectivity index (χ0v) is 7.58. The third-order valence-corrected chi connectivity index (χ3v) is 2.31. The van der Waals surface area contributed by atoms with Crippen molar-refractivity contribution < 1.29 is 0 Å². The smallest absolute Gasteiger partial charge is 0.104 e. The Morgan fingerprint density at radius 1 is 1.70 bits per heavy atom. The average Bonchev–Trinajstić information content (AvgIpc) is 2.34. The van der Waals surface area contributed by atoms with Crippen LogP contribution in [-0.4, -0.2) is 28.5 Å². The zero-order valence-electron chi connectivity index (χ0n) is 6.00. The van der Waals surface area contributed by atoms with Gasteiger partial charge in [0.25, 0.3) is 0 Å². The summed E-state index contributed by atoms with van der Waals surface area (Å²) in [6.07, 6.45) is 5.95. The summed E-state index contributed by atoms with van der Waals surface area (Å²) in [5.41, 5.74) is 0. The van der Waals surface area contributed by atoms with Crippen LogP contribution in [0, 0.1) is 0 Å². The third-order valence-electron chi connectivity index (χ3n) is 1.41. The lowest BCUT2D eigenvalue weighted by Gasteiger charge is -2.20. The Morgan fingerprint density at radius 2 is 2.40 bits per heavy atom. The minimum Gasteiger partial charge on any atom is -0.362 e. The largest absolute Gasteiger partial charge is 0.362 e. The number of alkyl halides is 1. The molecule has 0 aromatic carbocycles. The SMILES string of the molecule is C=CC(Br)N1C=CN(C)C1. The highest BCUT2D eigenvalue weighted by Crippen LogP contribution is 2.13. The molecule has 1 unspecified atom stereocenters. The van der Waals surface area contributed by atoms with E-state index in [2.05, 4.69) is 32.3 Å². The number of nitrogens with zero attached hydrogens (tertiary/aromatic N) is 2. The molecule has 56 valence electrons. The maximum atomic E-state index is 3.69. The normalized spacial score (nSPS) is 19.8. The first-order chi connectivity index (χ1) is 4.74. The quantitative estimate of drug-likeness (QED) is 0.382. The molecule has 0 spiro atoms. The molecule has 0 radical (unpaired) electrons. The Labute approximate surface area is 69.9 Å². The molecule has 0 aliphatic carbocycles. The summed E-state index contributed by atoms with van der Waals surface area (Å²) in [5, 5.41) is 0. The van der Waals surface area contributed by atoms with Crippen LogP contribution in [0.3, 0.4) is 0 Å². The third kappa shape index (κ3) is 1.53. The van der Waals surface area contributed by atoms with Crippen molar-refractivity contribution in [2.75, 3.05) is 13.7 Å². The lowest BCUT2D eigenvalue weighted by atomic mass is 10.6. The van der Waals surface area contributed by atoms with Gasteiger partial charge in [-0.05, 0) is 0 Å². The first kappa shape index (κ1) is 7.66. The van der Waals surface area contributed by atoms with Crippen LogP contribution in [-0.2, 0) is 0 Å². The molecule has 1 aliphatic heterocycles. The molecule has 1 rings (SSSR count). The van der Waals surface area contributed by atoms with Gasteiger partial charge in [0.15, 0.2) is 0 Å². The molecule has 2 nitrogen and oxygen atoms in total. The molecule has 0 aromatic rings. The highest BCUT2D eigenvalue weighted by atomic mass is 79.9. The Bertz CT molecular complexity index is 156. The van der Waals surface area contributed by atoms with Crippen LogP contribution in [0.2, 0.25) is 0 Å². The van der Waals surface area contributed by atoms with E-state index >= 15 is 0 Å². The molecule has 1 heterocycles. The van der Waals surface area contributed by atoms with Crippen molar-refractivity contribution >= 4 is 15.9 Å². The minimum absolute atomic E-state index is 0.258. The molecule has 1 aliphatic rings. The highest BCUT2D eigenvalue weighted by molar-refractivity contribution is 9.09. The summed E-state index contributed by atoms with van der Waals surface area (Å²) in [6.45, 7) is 4.62. The standard InChI is InChI=1S/C7H11BrN2/c1-3-7(8)10-5-4-9(2)6-10/h3-5,7H,1,6H2,2H3. The van der Waals surface area contributed by atoms with Crippen LogP contribution in [0.1, 0.15) is 0 Å². The fourth-order valence-corrected chi connectivity index (χ4v) is 1.11. The van der Waals surface area contributed by atoms with E-state index < -0.39 is 0 Å². The van der Waals surface area contributed by atoms with Gasteiger partial charge in [-0.2, -0.15) is 0 Å². The van der Waals surface area contributed by atoms with Gasteiger partial charge in [-0.3, -0.25) is 0 Å². The van der Waals surface area contributed by atoms with Gasteiger partial charge in [0.2, 0.25) is 0 Å². The number of hydrogen-bond donors (Lipinski definition) is 0. The van der Waals surface area contributed by atoms with Gasteiger partial charge in [-0.1, -0.05) is 22.0 Å². The van der Waals surface area contributed by atoms with E-state index in [-0.39, 0.29) is 4.95 Å². The van der Waals surface area contributed by atoms with Crippen LogP contribution in [0.4, 0.5) is 0 Å². The van der Waals surface area contributed by atoms with Crippen LogP contribution in [0.15, 0.2) is 25.1 Å². The Morgan fingerprint density at radius 3 is 2.80 bits per heavy atom. The molecule has 0 saturated heterocycles. The summed E-state index contributed by atoms with van der Waals surface area (Å²) in [4.78, 5) is 4.51. The predicted molar refractivity (Wildman–Crippen MR) is 46.5 cm³/mol. The maximum Gasteiger partial charge on any atom is 0.104 e. The van der Waals surface area contributed by atoms with Crippen LogP contribution in [0.5, 0.6) is 0 Å². The fraction of sp³-hybridized carbons (Fsp3) is 0.429. The van der Waals surface area contributed by atoms with Gasteiger partial charge < -0.3 is 9.80 Å². The van der Waals surface area contributed by atoms with Crippen molar-refractivity contribution in [1.29, 1.82) is 0 Å². The molecule has 0 fully saturated rings. The van der Waals surface area contributed by atoms with Crippen molar-refractivity contribution in [3.63, 3.8) is 0 Å². The number of rotatable bonds is 2. The lowest BCUT2D eigenvalue weighted by Crippen LogP contribution is -2.27. The fourth-order valence-electron chi connectivity index (χ4n) is 0.847. The molecular formula is C7H11BrN2. The molecule has 3 heteroatoms. The van der Waals surface area contributed by atoms with E-state index in [1.54, 1.807) is 0 Å². The van der Waals surface area contributed by atoms with E-state index in [1.165, 1.54) is 0 Å². The van der Waals surface area contributed by atoms with Crippen molar-refractivity contribution in [1.82, 2.24) is 9.80 Å². The van der Waals surface area contributed by atoms with Gasteiger partial charge in [0, 0.05) is 19.4 Å². The van der Waals surface area contributed by atoms with Crippen LogP contribution >= 0.6 is 15.9 Å². The van der Waals surface area contributed by atoms with E-state index in [4.69, 9.17) is 0 Å². The van der Waals surface area contributed by atoms with E-state index in [0.717, 1.165) is 6.67 Å². The Balaban J connectivity index is 2.45. The summed E-state index contributed by atoms with van der Waals surface area (Å²) in [7, 11) is 2.04. The average molecular weight is 203 g/mol. The highest BCUT2D eigenvalue weighted by Gasteiger charge is 2.12. The molecule has 0 N–H and O–H groups in total. The summed E-state index contributed by atoms with van der Waals surface area (Å²) >= 11 is 3.46. The zero-order chi connectivity index (χ0) is 7.56. The monoisotopic (exact) mass is 202 g/mol. The van der Waals surface area contributed by atoms with Crippen molar-refractivity contribution in [3.8, 4) is 0 Å². The number of halogens is 1. The minimum atomic E-state index is 0.258. The van der Waals surface area contributed by atoms with Crippen molar-refractivity contribution in [2.24, 2.45) is 0 Å². The van der Waals surface area contributed by atoms with Gasteiger partial charge in [-0.15, -0.1) is 6.58 Å². The topological polar surface area (TPSA) is 6.48 Å². The van der Waals surface area contributed by atoms with Gasteiger partial charge >= 0.3 is 0 Å². The first-order valence-corrected chi connectivity index (χ1v) is 4.06. The molecule has 0 saturated carbocycles. The second-order valence-corrected chi connectivity index (χ2v) is 3.26. The maximum absolute atomic E-state index is 3.69. The second kappa shape index (κ2) is 3.10.